The van der Waals surface area contributed by atoms with Crippen molar-refractivity contribution in [2.75, 3.05) is 0 Å². The molecule has 130 valence electrons. The molecule has 10 heteroatoms. The zero-order valence-corrected chi connectivity index (χ0v) is 13.1. The number of rotatable bonds is 4. The van der Waals surface area contributed by atoms with Crippen LogP contribution in [0.4, 0.5) is 17.6 Å². The fourth-order valence-corrected chi connectivity index (χ4v) is 2.61. The number of nitrogens with one attached hydrogen (secondary N) is 1. The highest BCUT2D eigenvalue weighted by molar-refractivity contribution is 7.09. The summed E-state index contributed by atoms with van der Waals surface area (Å²) in [5, 5.41) is 7.57. The molecule has 0 fully saturated rings. The van der Waals surface area contributed by atoms with Crippen LogP contribution in [0, 0.1) is 5.82 Å². The monoisotopic (exact) mass is 371 g/mol. The molecule has 1 aromatic carbocycles. The molecule has 2 heterocycles. The lowest BCUT2D eigenvalue weighted by Crippen LogP contribution is -2.23. The van der Waals surface area contributed by atoms with Crippen molar-refractivity contribution in [3.8, 4) is 11.4 Å². The first-order valence-electron chi connectivity index (χ1n) is 6.86. The van der Waals surface area contributed by atoms with Gasteiger partial charge in [0.15, 0.2) is 0 Å². The van der Waals surface area contributed by atoms with Gasteiger partial charge in [-0.2, -0.15) is 18.2 Å². The number of carbonyl (C=O) groups excluding carboxylic acids is 1. The second kappa shape index (κ2) is 6.63. The summed E-state index contributed by atoms with van der Waals surface area (Å²) in [7, 11) is 0. The summed E-state index contributed by atoms with van der Waals surface area (Å²) in [5.74, 6) is -3.49. The molecule has 3 aromatic rings. The van der Waals surface area contributed by atoms with Crippen molar-refractivity contribution in [2.24, 2.45) is 0 Å². The number of thiophene rings is 1. The highest BCUT2D eigenvalue weighted by Crippen LogP contribution is 2.29. The molecule has 0 aliphatic rings. The Morgan fingerprint density at radius 2 is 2.08 bits per heavy atom. The predicted octanol–water partition coefficient (Wildman–Crippen LogP) is 3.89. The number of hydrogen-bond donors (Lipinski definition) is 1. The number of nitrogens with zero attached hydrogens (tertiary/aromatic N) is 2. The molecule has 25 heavy (non-hydrogen) atoms. The molecule has 0 unspecified atom stereocenters. The molecular formula is C15H9F4N3O2S. The van der Waals surface area contributed by atoms with Gasteiger partial charge < -0.3 is 9.84 Å². The lowest BCUT2D eigenvalue weighted by atomic mass is 10.1. The summed E-state index contributed by atoms with van der Waals surface area (Å²) < 4.78 is 55.6. The Morgan fingerprint density at radius 3 is 2.68 bits per heavy atom. The zero-order chi connectivity index (χ0) is 18.0. The van der Waals surface area contributed by atoms with E-state index in [0.717, 1.165) is 17.0 Å². The second-order valence-corrected chi connectivity index (χ2v) is 5.91. The van der Waals surface area contributed by atoms with Crippen LogP contribution in [0.2, 0.25) is 0 Å². The van der Waals surface area contributed by atoms with Crippen molar-refractivity contribution in [3.63, 3.8) is 0 Å². The predicted molar refractivity (Wildman–Crippen MR) is 80.2 cm³/mol. The molecule has 0 spiro atoms. The van der Waals surface area contributed by atoms with Gasteiger partial charge >= 0.3 is 12.1 Å². The summed E-state index contributed by atoms with van der Waals surface area (Å²) in [6.07, 6.45) is -4.79. The summed E-state index contributed by atoms with van der Waals surface area (Å²) in [4.78, 5) is 16.1. The molecule has 3 rings (SSSR count). The van der Waals surface area contributed by atoms with E-state index in [1.807, 2.05) is 17.5 Å². The first kappa shape index (κ1) is 17.1. The van der Waals surface area contributed by atoms with E-state index in [-0.39, 0.29) is 17.7 Å². The maximum atomic E-state index is 14.1. The summed E-state index contributed by atoms with van der Waals surface area (Å²) in [5.41, 5.74) is -0.272. The molecule has 0 atom stereocenters. The minimum absolute atomic E-state index is 0.0356. The summed E-state index contributed by atoms with van der Waals surface area (Å²) in [6.45, 7) is 0.247. The van der Waals surface area contributed by atoms with Crippen LogP contribution >= 0.6 is 11.3 Å². The van der Waals surface area contributed by atoms with Crippen LogP contribution in [-0.4, -0.2) is 16.0 Å². The smallest absolute Gasteiger partial charge is 0.347 e. The second-order valence-electron chi connectivity index (χ2n) is 4.88. The minimum atomic E-state index is -4.79. The maximum absolute atomic E-state index is 14.1. The fourth-order valence-electron chi connectivity index (χ4n) is 1.97. The fraction of sp³-hybridized carbons (Fsp3) is 0.133. The van der Waals surface area contributed by atoms with Gasteiger partial charge in [0, 0.05) is 10.4 Å². The number of benzene rings is 1. The van der Waals surface area contributed by atoms with E-state index in [1.165, 1.54) is 17.4 Å². The quantitative estimate of drug-likeness (QED) is 0.707. The van der Waals surface area contributed by atoms with Crippen molar-refractivity contribution in [3.05, 3.63) is 57.9 Å². The lowest BCUT2D eigenvalue weighted by Gasteiger charge is -2.06. The molecule has 1 N–H and O–H groups in total. The summed E-state index contributed by atoms with van der Waals surface area (Å²) in [6, 6.07) is 6.91. The molecule has 2 aromatic heterocycles. The number of amides is 1. The Morgan fingerprint density at radius 1 is 1.28 bits per heavy atom. The van der Waals surface area contributed by atoms with Crippen LogP contribution in [0.25, 0.3) is 11.4 Å². The third kappa shape index (κ3) is 3.85. The topological polar surface area (TPSA) is 68.0 Å². The number of aromatic nitrogens is 2. The van der Waals surface area contributed by atoms with Crippen molar-refractivity contribution >= 4 is 17.2 Å². The van der Waals surface area contributed by atoms with E-state index in [0.29, 0.717) is 0 Å². The standard InChI is InChI=1S/C15H9F4N3O2S/c16-11-6-8(12-21-14(24-22-12)15(17,18)19)3-4-10(11)13(23)20-7-9-2-1-5-25-9/h1-6H,7H2,(H,20,23). The molecule has 0 bridgehead atoms. The molecule has 5 nitrogen and oxygen atoms in total. The molecule has 1 amide bonds. The van der Waals surface area contributed by atoms with Gasteiger partial charge in [0.25, 0.3) is 5.91 Å². The Balaban J connectivity index is 1.76. The van der Waals surface area contributed by atoms with Crippen LogP contribution in [0.5, 0.6) is 0 Å². The average molecular weight is 371 g/mol. The molecule has 0 radical (unpaired) electrons. The Kier molecular flexibility index (Phi) is 4.53. The maximum Gasteiger partial charge on any atom is 0.471 e. The van der Waals surface area contributed by atoms with E-state index in [9.17, 15) is 22.4 Å². The van der Waals surface area contributed by atoms with Gasteiger partial charge in [-0.25, -0.2) is 4.39 Å². The largest absolute Gasteiger partial charge is 0.471 e. The van der Waals surface area contributed by atoms with E-state index in [2.05, 4.69) is 20.0 Å². The van der Waals surface area contributed by atoms with Gasteiger partial charge in [0.1, 0.15) is 5.82 Å². The Bertz CT molecular complexity index is 891. The third-order valence-corrected chi connectivity index (χ3v) is 4.02. The van der Waals surface area contributed by atoms with Crippen LogP contribution < -0.4 is 5.32 Å². The SMILES string of the molecule is O=C(NCc1cccs1)c1ccc(-c2noc(C(F)(F)F)n2)cc1F. The molecular weight excluding hydrogens is 362 g/mol. The van der Waals surface area contributed by atoms with Gasteiger partial charge in [-0.3, -0.25) is 4.79 Å². The normalized spacial score (nSPS) is 11.5. The van der Waals surface area contributed by atoms with Gasteiger partial charge in [0.2, 0.25) is 5.82 Å². The number of halogens is 4. The van der Waals surface area contributed by atoms with E-state index in [1.54, 1.807) is 0 Å². The van der Waals surface area contributed by atoms with Gasteiger partial charge in [-0.05, 0) is 23.6 Å². The van der Waals surface area contributed by atoms with E-state index in [4.69, 9.17) is 0 Å². The summed E-state index contributed by atoms with van der Waals surface area (Å²) >= 11 is 1.44. The van der Waals surface area contributed by atoms with Crippen molar-refractivity contribution in [2.45, 2.75) is 12.7 Å². The molecule has 0 aliphatic heterocycles. The number of hydrogen-bond acceptors (Lipinski definition) is 5. The molecule has 0 saturated carbocycles. The number of alkyl halides is 3. The minimum Gasteiger partial charge on any atom is -0.347 e. The van der Waals surface area contributed by atoms with Crippen LogP contribution in [0.1, 0.15) is 21.1 Å². The van der Waals surface area contributed by atoms with E-state index >= 15 is 0 Å². The van der Waals surface area contributed by atoms with Gasteiger partial charge in [0.05, 0.1) is 12.1 Å². The average Bonchev–Trinajstić information content (AvgIpc) is 3.23. The lowest BCUT2D eigenvalue weighted by molar-refractivity contribution is -0.159. The Labute approximate surface area is 142 Å². The zero-order valence-electron chi connectivity index (χ0n) is 12.3. The first-order chi connectivity index (χ1) is 11.8. The first-order valence-corrected chi connectivity index (χ1v) is 7.74. The van der Waals surface area contributed by atoms with Crippen molar-refractivity contribution in [1.82, 2.24) is 15.5 Å². The Hall–Kier alpha value is -2.75. The van der Waals surface area contributed by atoms with Gasteiger partial charge in [-0.15, -0.1) is 11.3 Å². The van der Waals surface area contributed by atoms with Crippen LogP contribution in [0.3, 0.4) is 0 Å². The van der Waals surface area contributed by atoms with Crippen LogP contribution in [0.15, 0.2) is 40.2 Å². The van der Waals surface area contributed by atoms with Crippen molar-refractivity contribution < 1.29 is 26.9 Å². The number of carbonyl (C=O) groups is 1. The van der Waals surface area contributed by atoms with Crippen LogP contribution in [-0.2, 0) is 12.7 Å². The molecule has 0 aliphatic carbocycles. The highest BCUT2D eigenvalue weighted by Gasteiger charge is 2.38. The third-order valence-electron chi connectivity index (χ3n) is 3.14. The molecule has 0 saturated heterocycles. The van der Waals surface area contributed by atoms with Gasteiger partial charge in [-0.1, -0.05) is 17.3 Å². The van der Waals surface area contributed by atoms with E-state index < -0.39 is 29.6 Å². The van der Waals surface area contributed by atoms with Crippen molar-refractivity contribution in [1.29, 1.82) is 0 Å². The highest BCUT2D eigenvalue weighted by atomic mass is 32.1.